The summed E-state index contributed by atoms with van der Waals surface area (Å²) in [5, 5.41) is 3.26. The fourth-order valence-electron chi connectivity index (χ4n) is 1.94. The number of primary amides is 1. The molecular formula is C14H19N5O. The highest BCUT2D eigenvalue weighted by atomic mass is 16.1. The Labute approximate surface area is 117 Å². The number of imidazole rings is 1. The minimum absolute atomic E-state index is 0.424. The number of nitrogen functional groups attached to an aromatic ring is 1. The number of unbranched alkanes of at least 4 members (excludes halogenated alkanes) is 1. The summed E-state index contributed by atoms with van der Waals surface area (Å²) < 4.78 is 2.05. The number of nitrogens with two attached hydrogens (primary N) is 2. The molecule has 2 aromatic rings. The molecule has 0 atom stereocenters. The zero-order valence-corrected chi connectivity index (χ0v) is 11.2. The molecule has 0 radical (unpaired) electrons. The average Bonchev–Trinajstić information content (AvgIpc) is 2.93. The molecular weight excluding hydrogens is 254 g/mol. The summed E-state index contributed by atoms with van der Waals surface area (Å²) in [6.45, 7) is 1.78. The molecule has 0 aliphatic rings. The van der Waals surface area contributed by atoms with Gasteiger partial charge in [-0.25, -0.2) is 4.98 Å². The SMILES string of the molecule is NC(=O)c1ccc(NCCCCn2ccnc2)c(N)c1. The van der Waals surface area contributed by atoms with Crippen molar-refractivity contribution in [2.75, 3.05) is 17.6 Å². The monoisotopic (exact) mass is 273 g/mol. The van der Waals surface area contributed by atoms with Crippen LogP contribution in [0.25, 0.3) is 0 Å². The number of carbonyl (C=O) groups excluding carboxylic acids is 1. The molecule has 0 aliphatic carbocycles. The Morgan fingerprint density at radius 3 is 2.85 bits per heavy atom. The highest BCUT2D eigenvalue weighted by Gasteiger charge is 2.04. The van der Waals surface area contributed by atoms with E-state index in [1.807, 2.05) is 12.5 Å². The van der Waals surface area contributed by atoms with Crippen LogP contribution >= 0.6 is 0 Å². The van der Waals surface area contributed by atoms with Gasteiger partial charge in [0.25, 0.3) is 0 Å². The van der Waals surface area contributed by atoms with Crippen molar-refractivity contribution in [2.24, 2.45) is 5.73 Å². The Morgan fingerprint density at radius 1 is 1.35 bits per heavy atom. The first-order valence-electron chi connectivity index (χ1n) is 6.56. The molecule has 0 spiro atoms. The van der Waals surface area contributed by atoms with E-state index in [-0.39, 0.29) is 0 Å². The number of amides is 1. The number of nitrogens with one attached hydrogen (secondary N) is 1. The van der Waals surface area contributed by atoms with Crippen molar-refractivity contribution in [2.45, 2.75) is 19.4 Å². The van der Waals surface area contributed by atoms with Gasteiger partial charge in [0.05, 0.1) is 17.7 Å². The van der Waals surface area contributed by atoms with Crippen LogP contribution in [0.3, 0.4) is 0 Å². The Kier molecular flexibility index (Phi) is 4.60. The summed E-state index contributed by atoms with van der Waals surface area (Å²) in [6.07, 6.45) is 7.62. The van der Waals surface area contributed by atoms with Gasteiger partial charge in [-0.3, -0.25) is 4.79 Å². The normalized spacial score (nSPS) is 10.4. The Balaban J connectivity index is 1.75. The number of aromatic nitrogens is 2. The smallest absolute Gasteiger partial charge is 0.248 e. The number of nitrogens with zero attached hydrogens (tertiary/aromatic N) is 2. The molecule has 2 rings (SSSR count). The van der Waals surface area contributed by atoms with Gasteiger partial charge in [0.2, 0.25) is 5.91 Å². The quantitative estimate of drug-likeness (QED) is 0.525. The molecule has 1 aromatic heterocycles. The Hall–Kier alpha value is -2.50. The predicted octanol–water partition coefficient (Wildman–Crippen LogP) is 1.46. The predicted molar refractivity (Wildman–Crippen MR) is 79.3 cm³/mol. The maximum Gasteiger partial charge on any atom is 0.248 e. The van der Waals surface area contributed by atoms with Gasteiger partial charge < -0.3 is 21.4 Å². The highest BCUT2D eigenvalue weighted by Crippen LogP contribution is 2.19. The molecule has 1 amide bonds. The van der Waals surface area contributed by atoms with Crippen LogP contribution in [0.15, 0.2) is 36.9 Å². The number of anilines is 2. The summed E-state index contributed by atoms with van der Waals surface area (Å²) in [5.41, 5.74) is 12.9. The molecule has 20 heavy (non-hydrogen) atoms. The third-order valence-corrected chi connectivity index (χ3v) is 3.05. The van der Waals surface area contributed by atoms with E-state index in [2.05, 4.69) is 14.9 Å². The van der Waals surface area contributed by atoms with E-state index >= 15 is 0 Å². The van der Waals surface area contributed by atoms with E-state index in [1.165, 1.54) is 0 Å². The van der Waals surface area contributed by atoms with Crippen LogP contribution in [-0.4, -0.2) is 22.0 Å². The number of carbonyl (C=O) groups is 1. The standard InChI is InChI=1S/C14H19N5O/c15-12-9-11(14(16)20)3-4-13(12)18-5-1-2-7-19-8-6-17-10-19/h3-4,6,8-10,18H,1-2,5,7,15H2,(H2,16,20). The van der Waals surface area contributed by atoms with E-state index in [1.54, 1.807) is 24.4 Å². The molecule has 5 N–H and O–H groups in total. The topological polar surface area (TPSA) is 99.0 Å². The van der Waals surface area contributed by atoms with E-state index in [0.29, 0.717) is 11.3 Å². The molecule has 0 bridgehead atoms. The van der Waals surface area contributed by atoms with Crippen molar-refractivity contribution in [3.63, 3.8) is 0 Å². The van der Waals surface area contributed by atoms with Crippen molar-refractivity contribution in [3.05, 3.63) is 42.5 Å². The first kappa shape index (κ1) is 13.9. The van der Waals surface area contributed by atoms with Crippen LogP contribution in [0.5, 0.6) is 0 Å². The Bertz CT molecular complexity index is 565. The molecule has 6 heteroatoms. The Morgan fingerprint density at radius 2 is 2.20 bits per heavy atom. The van der Waals surface area contributed by atoms with Crippen LogP contribution in [0.2, 0.25) is 0 Å². The zero-order valence-electron chi connectivity index (χ0n) is 11.2. The lowest BCUT2D eigenvalue weighted by atomic mass is 10.1. The number of rotatable bonds is 7. The average molecular weight is 273 g/mol. The van der Waals surface area contributed by atoms with Gasteiger partial charge in [0, 0.05) is 31.0 Å². The fraction of sp³-hybridized carbons (Fsp3) is 0.286. The van der Waals surface area contributed by atoms with Crippen LogP contribution in [0, 0.1) is 0 Å². The van der Waals surface area contributed by atoms with Gasteiger partial charge in [-0.05, 0) is 31.0 Å². The van der Waals surface area contributed by atoms with Crippen molar-refractivity contribution in [3.8, 4) is 0 Å². The maximum absolute atomic E-state index is 11.0. The molecule has 0 saturated heterocycles. The largest absolute Gasteiger partial charge is 0.397 e. The lowest BCUT2D eigenvalue weighted by molar-refractivity contribution is 0.100. The molecule has 1 aromatic carbocycles. The number of hydrogen-bond donors (Lipinski definition) is 3. The van der Waals surface area contributed by atoms with E-state index in [4.69, 9.17) is 11.5 Å². The molecule has 0 aliphatic heterocycles. The lowest BCUT2D eigenvalue weighted by Gasteiger charge is -2.10. The van der Waals surface area contributed by atoms with Gasteiger partial charge in [-0.1, -0.05) is 0 Å². The molecule has 1 heterocycles. The summed E-state index contributed by atoms with van der Waals surface area (Å²) in [4.78, 5) is 15.0. The number of benzene rings is 1. The van der Waals surface area contributed by atoms with Crippen molar-refractivity contribution >= 4 is 17.3 Å². The third kappa shape index (κ3) is 3.74. The molecule has 0 fully saturated rings. The van der Waals surface area contributed by atoms with Gasteiger partial charge in [0.15, 0.2) is 0 Å². The molecule has 6 nitrogen and oxygen atoms in total. The third-order valence-electron chi connectivity index (χ3n) is 3.05. The summed E-state index contributed by atoms with van der Waals surface area (Å²) in [7, 11) is 0. The zero-order chi connectivity index (χ0) is 14.4. The first-order valence-corrected chi connectivity index (χ1v) is 6.56. The second kappa shape index (κ2) is 6.60. The maximum atomic E-state index is 11.0. The highest BCUT2D eigenvalue weighted by molar-refractivity contribution is 5.94. The van der Waals surface area contributed by atoms with Crippen LogP contribution in [0.1, 0.15) is 23.2 Å². The molecule has 106 valence electrons. The minimum Gasteiger partial charge on any atom is -0.397 e. The fourth-order valence-corrected chi connectivity index (χ4v) is 1.94. The van der Waals surface area contributed by atoms with Crippen LogP contribution in [0.4, 0.5) is 11.4 Å². The van der Waals surface area contributed by atoms with Gasteiger partial charge in [0.1, 0.15) is 0 Å². The second-order valence-electron chi connectivity index (χ2n) is 4.60. The van der Waals surface area contributed by atoms with E-state index in [9.17, 15) is 4.79 Å². The second-order valence-corrected chi connectivity index (χ2v) is 4.60. The van der Waals surface area contributed by atoms with E-state index in [0.717, 1.165) is 31.6 Å². The first-order chi connectivity index (χ1) is 9.66. The lowest BCUT2D eigenvalue weighted by Crippen LogP contribution is -2.12. The minimum atomic E-state index is -0.469. The van der Waals surface area contributed by atoms with Crippen molar-refractivity contribution in [1.82, 2.24) is 9.55 Å². The van der Waals surface area contributed by atoms with Crippen molar-refractivity contribution in [1.29, 1.82) is 0 Å². The molecule has 0 unspecified atom stereocenters. The summed E-state index contributed by atoms with van der Waals surface area (Å²) in [6, 6.07) is 5.05. The van der Waals surface area contributed by atoms with E-state index < -0.39 is 5.91 Å². The van der Waals surface area contributed by atoms with Gasteiger partial charge >= 0.3 is 0 Å². The van der Waals surface area contributed by atoms with Gasteiger partial charge in [-0.2, -0.15) is 0 Å². The van der Waals surface area contributed by atoms with Crippen LogP contribution in [-0.2, 0) is 6.54 Å². The van der Waals surface area contributed by atoms with Crippen LogP contribution < -0.4 is 16.8 Å². The summed E-state index contributed by atoms with van der Waals surface area (Å²) >= 11 is 0. The number of aryl methyl sites for hydroxylation is 1. The molecule has 0 saturated carbocycles. The van der Waals surface area contributed by atoms with Crippen molar-refractivity contribution < 1.29 is 4.79 Å². The number of hydrogen-bond acceptors (Lipinski definition) is 4. The summed E-state index contributed by atoms with van der Waals surface area (Å²) in [5.74, 6) is -0.469. The van der Waals surface area contributed by atoms with Gasteiger partial charge in [-0.15, -0.1) is 0 Å².